The van der Waals surface area contributed by atoms with E-state index in [4.69, 9.17) is 13.9 Å². The van der Waals surface area contributed by atoms with Crippen LogP contribution in [0.1, 0.15) is 54.5 Å². The number of rotatable bonds is 7. The van der Waals surface area contributed by atoms with Gasteiger partial charge in [0.15, 0.2) is 11.5 Å². The van der Waals surface area contributed by atoms with E-state index in [0.29, 0.717) is 18.2 Å². The summed E-state index contributed by atoms with van der Waals surface area (Å²) in [7, 11) is 1.86. The van der Waals surface area contributed by atoms with Crippen molar-refractivity contribution in [2.24, 2.45) is 5.92 Å². The molecule has 2 aliphatic heterocycles. The minimum atomic E-state index is -0.354. The van der Waals surface area contributed by atoms with Crippen LogP contribution in [0.3, 0.4) is 0 Å². The fourth-order valence-corrected chi connectivity index (χ4v) is 8.33. The van der Waals surface area contributed by atoms with Crippen LogP contribution in [0, 0.1) is 5.92 Å². The molecule has 3 aromatic rings. The minimum absolute atomic E-state index is 0.0862. The lowest BCUT2D eigenvalue weighted by Gasteiger charge is -2.60. The molecule has 218 valence electrons. The number of benzene rings is 2. The predicted octanol–water partition coefficient (Wildman–Crippen LogP) is 4.87. The SMILES string of the molecule is CC(=O)OC(CN1CC[C@]23c4c5ccc(O)c4O[C@H]2[C@H](N(C)C(=O)C=Cc2ccoc2)CC[C@H]3[C@H]1C5)c1ccccc1. The number of nitrogens with zero attached hydrogens (tertiary/aromatic N) is 2. The Bertz CT molecular complexity index is 1520. The first-order valence-electron chi connectivity index (χ1n) is 14.8. The van der Waals surface area contributed by atoms with E-state index in [-0.39, 0.29) is 47.3 Å². The number of phenols is 1. The molecule has 7 rings (SSSR count). The molecule has 8 heteroatoms. The number of phenolic OH excluding ortho intramolecular Hbond substituents is 1. The van der Waals surface area contributed by atoms with Crippen molar-refractivity contribution in [3.63, 3.8) is 0 Å². The van der Waals surface area contributed by atoms with Crippen molar-refractivity contribution in [1.29, 1.82) is 0 Å². The second kappa shape index (κ2) is 10.3. The van der Waals surface area contributed by atoms with Gasteiger partial charge in [0.2, 0.25) is 5.91 Å². The van der Waals surface area contributed by atoms with Crippen molar-refractivity contribution in [1.82, 2.24) is 9.80 Å². The van der Waals surface area contributed by atoms with Crippen LogP contribution >= 0.6 is 0 Å². The summed E-state index contributed by atoms with van der Waals surface area (Å²) < 4.78 is 17.7. The zero-order valence-corrected chi connectivity index (χ0v) is 23.9. The number of amides is 1. The molecule has 3 heterocycles. The standard InChI is InChI=1S/C34H36N2O6/c1-21(37)41-29(23-6-4-3-5-7-23)19-36-16-15-34-25-10-11-26(35(2)30(39)13-8-22-14-17-40-20-22)33(34)42-32-28(38)12-9-24(31(32)34)18-27(25)36/h3-9,12-14,17,20,25-27,29,33,38H,10-11,15-16,18-19H2,1-2H3/t25-,26+,27+,29?,33-,34-/m0/s1. The summed E-state index contributed by atoms with van der Waals surface area (Å²) in [6.45, 7) is 2.90. The van der Waals surface area contributed by atoms with Gasteiger partial charge in [0, 0.05) is 49.2 Å². The van der Waals surface area contributed by atoms with E-state index in [1.54, 1.807) is 30.7 Å². The van der Waals surface area contributed by atoms with Gasteiger partial charge in [-0.1, -0.05) is 36.4 Å². The third-order valence-electron chi connectivity index (χ3n) is 10.1. The number of likely N-dealkylation sites (tertiary alicyclic amines) is 1. The molecule has 2 fully saturated rings. The molecule has 42 heavy (non-hydrogen) atoms. The molecule has 8 nitrogen and oxygen atoms in total. The van der Waals surface area contributed by atoms with E-state index in [9.17, 15) is 14.7 Å². The second-order valence-electron chi connectivity index (χ2n) is 12.1. The number of furan rings is 1. The summed E-state index contributed by atoms with van der Waals surface area (Å²) in [6, 6.07) is 15.7. The number of piperidine rings is 1. The molecule has 1 N–H and O–H groups in total. The van der Waals surface area contributed by atoms with Gasteiger partial charge in [-0.15, -0.1) is 0 Å². The molecule has 2 aliphatic carbocycles. The lowest BCUT2D eigenvalue weighted by molar-refractivity contribution is -0.150. The molecular weight excluding hydrogens is 532 g/mol. The lowest BCUT2D eigenvalue weighted by atomic mass is 9.51. The van der Waals surface area contributed by atoms with Crippen molar-refractivity contribution < 1.29 is 28.6 Å². The third kappa shape index (κ3) is 4.23. The molecule has 2 aromatic carbocycles. The Kier molecular flexibility index (Phi) is 6.61. The number of esters is 1. The average Bonchev–Trinajstić information content (AvgIpc) is 3.64. The van der Waals surface area contributed by atoms with Crippen molar-refractivity contribution in [3.8, 4) is 11.5 Å². The van der Waals surface area contributed by atoms with E-state index in [2.05, 4.69) is 4.90 Å². The van der Waals surface area contributed by atoms with Crippen molar-refractivity contribution in [3.05, 3.63) is 89.4 Å². The molecule has 2 bridgehead atoms. The molecule has 6 atom stereocenters. The van der Waals surface area contributed by atoms with E-state index >= 15 is 0 Å². The van der Waals surface area contributed by atoms with Gasteiger partial charge in [0.1, 0.15) is 12.2 Å². The largest absolute Gasteiger partial charge is 0.504 e. The van der Waals surface area contributed by atoms with Gasteiger partial charge in [-0.2, -0.15) is 0 Å². The Morgan fingerprint density at radius 2 is 2.02 bits per heavy atom. The van der Waals surface area contributed by atoms with Crippen LogP contribution in [0.25, 0.3) is 6.08 Å². The quantitative estimate of drug-likeness (QED) is 0.321. The highest BCUT2D eigenvalue weighted by Crippen LogP contribution is 2.64. The van der Waals surface area contributed by atoms with Crippen LogP contribution in [0.5, 0.6) is 11.5 Å². The van der Waals surface area contributed by atoms with Crippen molar-refractivity contribution in [2.75, 3.05) is 20.1 Å². The maximum absolute atomic E-state index is 13.3. The maximum atomic E-state index is 13.3. The molecule has 1 unspecified atom stereocenters. The Morgan fingerprint density at radius 3 is 2.79 bits per heavy atom. The van der Waals surface area contributed by atoms with Gasteiger partial charge >= 0.3 is 5.97 Å². The number of hydrogen-bond acceptors (Lipinski definition) is 7. The van der Waals surface area contributed by atoms with Gasteiger partial charge in [0.25, 0.3) is 0 Å². The van der Waals surface area contributed by atoms with E-state index in [1.165, 1.54) is 12.5 Å². The number of likely N-dealkylation sites (N-methyl/N-ethyl adjacent to an activating group) is 1. The first kappa shape index (κ1) is 26.8. The Balaban J connectivity index is 1.21. The lowest BCUT2D eigenvalue weighted by Crippen LogP contribution is -2.69. The highest BCUT2D eigenvalue weighted by atomic mass is 16.5. The van der Waals surface area contributed by atoms with Gasteiger partial charge in [-0.3, -0.25) is 14.5 Å². The predicted molar refractivity (Wildman–Crippen MR) is 156 cm³/mol. The summed E-state index contributed by atoms with van der Waals surface area (Å²) in [5.41, 5.74) is 3.88. The smallest absolute Gasteiger partial charge is 0.303 e. The van der Waals surface area contributed by atoms with Crippen LogP contribution in [0.4, 0.5) is 0 Å². The number of hydrogen-bond donors (Lipinski definition) is 1. The second-order valence-corrected chi connectivity index (χ2v) is 12.1. The summed E-state index contributed by atoms with van der Waals surface area (Å²) in [6.07, 6.45) is 9.37. The van der Waals surface area contributed by atoms with Crippen LogP contribution in [0.15, 0.2) is 71.6 Å². The number of ether oxygens (including phenoxy) is 2. The van der Waals surface area contributed by atoms with E-state index in [1.807, 2.05) is 54.4 Å². The fourth-order valence-electron chi connectivity index (χ4n) is 8.33. The Morgan fingerprint density at radius 1 is 1.19 bits per heavy atom. The van der Waals surface area contributed by atoms with Crippen molar-refractivity contribution >= 4 is 18.0 Å². The Labute approximate surface area is 245 Å². The van der Waals surface area contributed by atoms with Crippen molar-refractivity contribution in [2.45, 2.75) is 62.3 Å². The van der Waals surface area contributed by atoms with Crippen LogP contribution < -0.4 is 4.74 Å². The normalized spacial score (nSPS) is 28.1. The van der Waals surface area contributed by atoms with Gasteiger partial charge in [0.05, 0.1) is 18.6 Å². The molecule has 0 radical (unpaired) electrons. The molecule has 1 spiro atoms. The summed E-state index contributed by atoms with van der Waals surface area (Å²) in [5, 5.41) is 10.9. The van der Waals surface area contributed by atoms with Gasteiger partial charge in [-0.05, 0) is 67.5 Å². The molecule has 1 amide bonds. The number of carbonyl (C=O) groups excluding carboxylic acids is 2. The maximum Gasteiger partial charge on any atom is 0.303 e. The first-order valence-corrected chi connectivity index (χ1v) is 14.8. The van der Waals surface area contributed by atoms with Crippen LogP contribution in [0.2, 0.25) is 0 Å². The molecule has 1 saturated heterocycles. The summed E-state index contributed by atoms with van der Waals surface area (Å²) in [4.78, 5) is 29.8. The van der Waals surface area contributed by atoms with Gasteiger partial charge in [-0.25, -0.2) is 0 Å². The highest BCUT2D eigenvalue weighted by Gasteiger charge is 2.66. The van der Waals surface area contributed by atoms with E-state index < -0.39 is 0 Å². The minimum Gasteiger partial charge on any atom is -0.504 e. The molecular formula is C34H36N2O6. The number of carbonyl (C=O) groups is 2. The average molecular weight is 569 g/mol. The zero-order valence-electron chi connectivity index (χ0n) is 23.9. The molecule has 1 saturated carbocycles. The topological polar surface area (TPSA) is 92.5 Å². The Hall–Kier alpha value is -4.04. The summed E-state index contributed by atoms with van der Waals surface area (Å²) in [5.74, 6) is 0.686. The fraction of sp³-hybridized carbons (Fsp3) is 0.412. The van der Waals surface area contributed by atoms with Gasteiger partial charge < -0.3 is 23.9 Å². The first-order chi connectivity index (χ1) is 20.4. The zero-order chi connectivity index (χ0) is 29.0. The monoisotopic (exact) mass is 568 g/mol. The third-order valence-corrected chi connectivity index (χ3v) is 10.1. The summed E-state index contributed by atoms with van der Waals surface area (Å²) >= 11 is 0. The van der Waals surface area contributed by atoms with Crippen LogP contribution in [-0.4, -0.2) is 65.1 Å². The molecule has 1 aromatic heterocycles. The number of aromatic hydroxyl groups is 1. The van der Waals surface area contributed by atoms with Crippen LogP contribution in [-0.2, 0) is 26.2 Å². The molecule has 4 aliphatic rings. The van der Waals surface area contributed by atoms with E-state index in [0.717, 1.165) is 48.9 Å². The highest BCUT2D eigenvalue weighted by molar-refractivity contribution is 5.91.